The van der Waals surface area contributed by atoms with Crippen molar-refractivity contribution in [2.45, 2.75) is 208 Å². The molecule has 0 bridgehead atoms. The van der Waals surface area contributed by atoms with Gasteiger partial charge in [-0.1, -0.05) is 230 Å². The number of ether oxygens (including phenoxy) is 6. The predicted octanol–water partition coefficient (Wildman–Crippen LogP) is 23.9. The predicted molar refractivity (Wildman–Crippen MR) is 392 cm³/mol. The second-order valence-electron chi connectivity index (χ2n) is 24.9. The Morgan fingerprint density at radius 1 is 0.273 bits per heavy atom. The van der Waals surface area contributed by atoms with E-state index in [1.807, 2.05) is 93.6 Å². The van der Waals surface area contributed by atoms with E-state index in [9.17, 15) is 32.3 Å². The molecule has 0 radical (unpaired) electrons. The summed E-state index contributed by atoms with van der Waals surface area (Å²) in [5, 5.41) is 0. The molecule has 99 heavy (non-hydrogen) atoms. The van der Waals surface area contributed by atoms with Gasteiger partial charge in [0.05, 0.1) is 29.9 Å². The quantitative estimate of drug-likeness (QED) is 0.0209. The van der Waals surface area contributed by atoms with Crippen molar-refractivity contribution in [3.8, 4) is 56.8 Å². The van der Waals surface area contributed by atoms with Crippen LogP contribution in [0.1, 0.15) is 237 Å². The summed E-state index contributed by atoms with van der Waals surface area (Å²) in [7, 11) is 0. The van der Waals surface area contributed by atoms with Crippen LogP contribution in [0.15, 0.2) is 176 Å². The number of benzene rings is 8. The lowest BCUT2D eigenvalue weighted by atomic mass is 10.0. The molecule has 0 unspecified atom stereocenters. The Kier molecular flexibility index (Phi) is 36.4. The highest BCUT2D eigenvalue weighted by molar-refractivity contribution is 5.93. The van der Waals surface area contributed by atoms with Crippen molar-refractivity contribution in [3.63, 3.8) is 0 Å². The van der Waals surface area contributed by atoms with Gasteiger partial charge >= 0.3 is 23.9 Å². The van der Waals surface area contributed by atoms with Crippen molar-refractivity contribution in [1.29, 1.82) is 0 Å². The first-order valence-electron chi connectivity index (χ1n) is 36.2. The fourth-order valence-electron chi connectivity index (χ4n) is 11.0. The van der Waals surface area contributed by atoms with E-state index >= 15 is 0 Å². The van der Waals surface area contributed by atoms with Gasteiger partial charge in [0.1, 0.15) is 51.9 Å². The van der Waals surface area contributed by atoms with Crippen LogP contribution in [0.25, 0.3) is 22.3 Å². The third-order valence-corrected chi connectivity index (χ3v) is 17.1. The molecule has 0 spiro atoms. The number of rotatable bonds is 39. The smallest absolute Gasteiger partial charge is 0.343 e. The molecule has 0 aromatic heterocycles. The molecule has 528 valence electrons. The highest BCUT2D eigenvalue weighted by Crippen LogP contribution is 2.28. The molecule has 0 saturated heterocycles. The number of hydrogen-bond donors (Lipinski definition) is 0. The first-order valence-corrected chi connectivity index (χ1v) is 36.2. The summed E-state index contributed by atoms with van der Waals surface area (Å²) < 4.78 is 74.6. The van der Waals surface area contributed by atoms with Gasteiger partial charge in [0, 0.05) is 24.6 Å². The van der Waals surface area contributed by atoms with Gasteiger partial charge in [0.15, 0.2) is 0 Å². The normalized spacial score (nSPS) is 10.8. The zero-order valence-electron chi connectivity index (χ0n) is 59.3. The van der Waals surface area contributed by atoms with E-state index in [1.54, 1.807) is 72.8 Å². The number of hydrogen-bond acceptors (Lipinski definition) is 10. The van der Waals surface area contributed by atoms with Crippen molar-refractivity contribution in [3.05, 3.63) is 227 Å². The summed E-state index contributed by atoms with van der Waals surface area (Å²) in [5.41, 5.74) is 6.96. The average molecular weight is 1350 g/mol. The van der Waals surface area contributed by atoms with E-state index in [0.717, 1.165) is 79.1 Å². The second kappa shape index (κ2) is 45.6. The summed E-state index contributed by atoms with van der Waals surface area (Å²) in [5.74, 6) is -0.316. The average Bonchev–Trinajstić information content (AvgIpc) is 0.873. The molecule has 0 atom stereocenters. The molecule has 0 amide bonds. The van der Waals surface area contributed by atoms with Gasteiger partial charge in [-0.2, -0.15) is 0 Å². The second-order valence-corrected chi connectivity index (χ2v) is 24.9. The van der Waals surface area contributed by atoms with E-state index in [4.69, 9.17) is 28.4 Å². The zero-order valence-corrected chi connectivity index (χ0v) is 59.3. The molecular weight excluding hydrogens is 1250 g/mol. The number of esters is 4. The largest absolute Gasteiger partial charge is 0.494 e. The van der Waals surface area contributed by atoms with E-state index in [2.05, 4.69) is 20.8 Å². The molecule has 8 aromatic carbocycles. The summed E-state index contributed by atoms with van der Waals surface area (Å²) in [4.78, 5) is 49.1. The Bertz CT molecular complexity index is 3470. The molecule has 0 fully saturated rings. The minimum atomic E-state index is -0.597. The van der Waals surface area contributed by atoms with Crippen LogP contribution in [-0.4, -0.2) is 37.1 Å². The maximum absolute atomic E-state index is 13.9. The van der Waals surface area contributed by atoms with Gasteiger partial charge in [0.25, 0.3) is 0 Å². The van der Waals surface area contributed by atoms with Crippen molar-refractivity contribution >= 4 is 23.9 Å². The number of unbranched alkanes of at least 4 members (excludes halogenated alkanes) is 19. The Morgan fingerprint density at radius 2 is 0.525 bits per heavy atom. The lowest BCUT2D eigenvalue weighted by Gasteiger charge is -2.09. The van der Waals surface area contributed by atoms with Crippen LogP contribution in [-0.2, 0) is 24.1 Å². The topological polar surface area (TPSA) is 124 Å². The van der Waals surface area contributed by atoms with Crippen LogP contribution in [0.4, 0.5) is 13.2 Å². The molecule has 0 aliphatic rings. The molecule has 13 heteroatoms. The summed E-state index contributed by atoms with van der Waals surface area (Å²) in [6, 6.07) is 50.0. The molecular formula is C86H103F3O10. The molecule has 0 aliphatic carbocycles. The van der Waals surface area contributed by atoms with Gasteiger partial charge in [0.2, 0.25) is 0 Å². The van der Waals surface area contributed by atoms with Crippen LogP contribution in [0, 0.1) is 17.5 Å². The third kappa shape index (κ3) is 29.2. The van der Waals surface area contributed by atoms with E-state index in [1.165, 1.54) is 139 Å². The van der Waals surface area contributed by atoms with Crippen molar-refractivity contribution in [2.75, 3.05) is 13.2 Å². The van der Waals surface area contributed by atoms with E-state index in [-0.39, 0.29) is 34.9 Å². The van der Waals surface area contributed by atoms with Gasteiger partial charge < -0.3 is 28.4 Å². The number of aryl methyl sites for hydroxylation is 3. The highest BCUT2D eigenvalue weighted by atomic mass is 19.1. The lowest BCUT2D eigenvalue weighted by Crippen LogP contribution is -2.10. The zero-order chi connectivity index (χ0) is 70.8. The summed E-state index contributed by atoms with van der Waals surface area (Å²) >= 11 is 0. The first-order chi connectivity index (χ1) is 48.2. The molecule has 0 heterocycles. The Morgan fingerprint density at radius 3 is 0.818 bits per heavy atom. The summed E-state index contributed by atoms with van der Waals surface area (Å²) in [6.07, 6.45) is 29.2. The van der Waals surface area contributed by atoms with Crippen molar-refractivity contribution < 1.29 is 60.8 Å². The molecule has 8 aromatic rings. The maximum Gasteiger partial charge on any atom is 0.343 e. The summed E-state index contributed by atoms with van der Waals surface area (Å²) in [6.45, 7) is 13.8. The Labute approximate surface area is 587 Å². The minimum Gasteiger partial charge on any atom is -0.494 e. The highest BCUT2D eigenvalue weighted by Gasteiger charge is 2.16. The van der Waals surface area contributed by atoms with Crippen LogP contribution < -0.4 is 28.4 Å². The molecule has 10 nitrogen and oxygen atoms in total. The van der Waals surface area contributed by atoms with E-state index < -0.39 is 23.7 Å². The van der Waals surface area contributed by atoms with Crippen LogP contribution in [0.5, 0.6) is 34.5 Å². The lowest BCUT2D eigenvalue weighted by molar-refractivity contribution is -0.134. The first kappa shape index (κ1) is 79.0. The standard InChI is InChI=1S/2C30H35FO3.C26H33FO4/c2*1-3-5-6-7-8-9-10-21-33-27-18-16-25(17-19-27)24-11-13-26(14-12-24)30(32)34-28-20-15-23(4-2)29(31)22-28;1-3-5-6-7-8-9-10-11-12-25(28)30-22-16-14-21(15-17-22)26(29)31-23-18-13-20(4-2)24(27)19-23/h2*11-20,22H,3-10,21H2,1-2H3;13-19H,3-12H2,1-2H3. The van der Waals surface area contributed by atoms with Crippen molar-refractivity contribution in [2.24, 2.45) is 0 Å². The Balaban J connectivity index is 0.000000234. The fourth-order valence-corrected chi connectivity index (χ4v) is 11.0. The third-order valence-electron chi connectivity index (χ3n) is 17.1. The fraction of sp³-hybridized carbons (Fsp3) is 0.395. The molecule has 8 rings (SSSR count). The SMILES string of the molecule is CCCCCCCCCCC(=O)Oc1ccc(C(=O)Oc2ccc(CC)c(F)c2)cc1.CCCCCCCCCOc1ccc(-c2ccc(C(=O)Oc3ccc(CC)c(F)c3)cc2)cc1.CCCCCCCCCOc1ccc(-c2ccc(C(=O)Oc3ccc(CC)c(F)c3)cc2)cc1. The monoisotopic (exact) mass is 1350 g/mol. The van der Waals surface area contributed by atoms with Gasteiger partial charge in [-0.25, -0.2) is 27.6 Å². The molecule has 0 N–H and O–H groups in total. The van der Waals surface area contributed by atoms with Crippen LogP contribution >= 0.6 is 0 Å². The Hall–Kier alpha value is -8.97. The van der Waals surface area contributed by atoms with Gasteiger partial charge in [-0.15, -0.1) is 0 Å². The number of halogens is 3. The van der Waals surface area contributed by atoms with Crippen LogP contribution in [0.3, 0.4) is 0 Å². The van der Waals surface area contributed by atoms with Crippen LogP contribution in [0.2, 0.25) is 0 Å². The molecule has 0 aliphatic heterocycles. The van der Waals surface area contributed by atoms with Gasteiger partial charge in [-0.05, 0) is 168 Å². The minimum absolute atomic E-state index is 0.153. The van der Waals surface area contributed by atoms with Gasteiger partial charge in [-0.3, -0.25) is 4.79 Å². The number of carbonyl (C=O) groups is 4. The van der Waals surface area contributed by atoms with E-state index in [0.29, 0.717) is 64.8 Å². The van der Waals surface area contributed by atoms with Crippen molar-refractivity contribution in [1.82, 2.24) is 0 Å². The molecule has 0 saturated carbocycles. The maximum atomic E-state index is 13.9. The number of carbonyl (C=O) groups excluding carboxylic acids is 4.